The van der Waals surface area contributed by atoms with Crippen LogP contribution in [-0.4, -0.2) is 32.3 Å². The summed E-state index contributed by atoms with van der Waals surface area (Å²) in [7, 11) is -6.00. The summed E-state index contributed by atoms with van der Waals surface area (Å²) < 4.78 is 18.5. The molecule has 0 spiro atoms. The van der Waals surface area contributed by atoms with Crippen LogP contribution >= 0.6 is 16.9 Å². The Labute approximate surface area is 82.2 Å². The van der Waals surface area contributed by atoms with Crippen LogP contribution in [0.5, 0.6) is 0 Å². The smallest absolute Gasteiger partial charge is 0.340 e. The average Bonchev–Trinajstić information content (AvgIpc) is 1.97. The normalized spacial score (nSPS) is 16.9. The quantitative estimate of drug-likeness (QED) is 0.293. The van der Waals surface area contributed by atoms with Gasteiger partial charge in [0, 0.05) is 11.0 Å². The van der Waals surface area contributed by atoms with Crippen molar-refractivity contribution in [3.05, 3.63) is 0 Å². The van der Waals surface area contributed by atoms with E-state index < -0.39 is 22.8 Å². The molecule has 2 unspecified atom stereocenters. The Morgan fingerprint density at radius 2 is 2.07 bits per heavy atom. The highest BCUT2D eigenvalue weighted by atomic mass is 31.2. The van der Waals surface area contributed by atoms with E-state index in [0.29, 0.717) is 0 Å². The minimum absolute atomic E-state index is 0.187. The molecule has 6 N–H and O–H groups in total. The van der Waals surface area contributed by atoms with Crippen molar-refractivity contribution in [1.29, 1.82) is 0 Å². The summed E-state index contributed by atoms with van der Waals surface area (Å²) in [5.74, 6) is -2.49. The maximum Gasteiger partial charge on any atom is 0.700 e. The van der Waals surface area contributed by atoms with Gasteiger partial charge in [0.05, 0.1) is 0 Å². The number of aliphatic hydroxyl groups is 1. The van der Waals surface area contributed by atoms with Crippen LogP contribution in [0.2, 0.25) is 0 Å². The molecule has 0 aromatic heterocycles. The predicted octanol–water partition coefficient (Wildman–Crippen LogP) is -0.734. The molecule has 84 valence electrons. The summed E-state index contributed by atoms with van der Waals surface area (Å²) in [6, 6.07) is 0. The monoisotopic (exact) mass is 248 g/mol. The molecule has 0 radical (unpaired) electrons. The van der Waals surface area contributed by atoms with E-state index in [1.54, 1.807) is 0 Å². The van der Waals surface area contributed by atoms with Gasteiger partial charge in [0.2, 0.25) is 0 Å². The first kappa shape index (κ1) is 14.2. The predicted molar refractivity (Wildman–Crippen MR) is 46.6 cm³/mol. The molecular weight excluding hydrogens is 236 g/mol. The van der Waals surface area contributed by atoms with Crippen molar-refractivity contribution in [3.8, 4) is 0 Å². The van der Waals surface area contributed by atoms with E-state index in [-0.39, 0.29) is 19.4 Å². The van der Waals surface area contributed by atoms with Gasteiger partial charge in [-0.25, -0.2) is 0 Å². The molecule has 14 heavy (non-hydrogen) atoms. The molecule has 0 aliphatic rings. The van der Waals surface area contributed by atoms with Gasteiger partial charge in [-0.15, -0.1) is 4.89 Å². The Morgan fingerprint density at radius 3 is 2.43 bits per heavy atom. The topological polar surface area (TPSA) is 142 Å². The van der Waals surface area contributed by atoms with Crippen LogP contribution in [-0.2, 0) is 13.6 Å². The van der Waals surface area contributed by atoms with E-state index >= 15 is 0 Å². The van der Waals surface area contributed by atoms with E-state index in [9.17, 15) is 9.67 Å². The molecule has 0 rings (SSSR count). The van der Waals surface area contributed by atoms with Gasteiger partial charge in [-0.05, 0) is 13.0 Å². The van der Waals surface area contributed by atoms with E-state index in [4.69, 9.17) is 20.4 Å². The zero-order valence-electron chi connectivity index (χ0n) is 7.11. The number of nitrogens with two attached hydrogens (primary N) is 1. The van der Waals surface area contributed by atoms with Gasteiger partial charge in [0.15, 0.2) is 0 Å². The molecule has 0 aliphatic heterocycles. The summed E-state index contributed by atoms with van der Waals surface area (Å²) in [5.41, 5.74) is 5.12. The molecule has 0 aromatic rings. The van der Waals surface area contributed by atoms with Crippen LogP contribution in [0.15, 0.2) is 0 Å². The molecule has 8 nitrogen and oxygen atoms in total. The molecule has 10 heteroatoms. The summed E-state index contributed by atoms with van der Waals surface area (Å²) in [6.07, 6.45) is -0.0199. The lowest BCUT2D eigenvalue weighted by molar-refractivity contribution is -0.279. The zero-order valence-corrected chi connectivity index (χ0v) is 8.90. The van der Waals surface area contributed by atoms with Gasteiger partial charge in [-0.1, -0.05) is 4.52 Å². The highest BCUT2D eigenvalue weighted by Gasteiger charge is 2.41. The lowest BCUT2D eigenvalue weighted by Gasteiger charge is -2.20. The second kappa shape index (κ2) is 6.68. The molecule has 2 atom stereocenters. The van der Waals surface area contributed by atoms with Crippen molar-refractivity contribution in [2.75, 3.05) is 6.54 Å². The fourth-order valence-electron chi connectivity index (χ4n) is 0.683. The molecule has 0 amide bonds. The molecule has 0 saturated heterocycles. The van der Waals surface area contributed by atoms with E-state index in [0.717, 1.165) is 0 Å². The van der Waals surface area contributed by atoms with Crippen molar-refractivity contribution < 1.29 is 33.4 Å². The van der Waals surface area contributed by atoms with Crippen LogP contribution in [0.25, 0.3) is 0 Å². The van der Waals surface area contributed by atoms with Crippen molar-refractivity contribution in [2.24, 2.45) is 5.73 Å². The summed E-state index contributed by atoms with van der Waals surface area (Å²) >= 11 is 0. The standard InChI is InChI=1S/C4H11NO7P2/c5-3-1-2-4(6,11-13(7)8)12-14(9)10/h6-8H,1-3,5H2/p+1. The zero-order chi connectivity index (χ0) is 11.2. The third-order valence-electron chi connectivity index (χ3n) is 1.14. The number of rotatable bonds is 7. The van der Waals surface area contributed by atoms with Crippen molar-refractivity contribution in [2.45, 2.75) is 18.8 Å². The first-order valence-electron chi connectivity index (χ1n) is 3.54. The number of hydrogen-bond donors (Lipinski definition) is 5. The Bertz CT molecular complexity index is 191. The molecule has 0 heterocycles. The fourth-order valence-corrected chi connectivity index (χ4v) is 1.50. The van der Waals surface area contributed by atoms with Crippen LogP contribution in [0.1, 0.15) is 12.8 Å². The second-order valence-electron chi connectivity index (χ2n) is 2.28. The fraction of sp³-hybridized carbons (Fsp3) is 1.00. The highest BCUT2D eigenvalue weighted by molar-refractivity contribution is 7.39. The SMILES string of the molecule is NCCCC(O)(OP(O)O)O[P+](=O)O. The Morgan fingerprint density at radius 1 is 1.50 bits per heavy atom. The maximum absolute atomic E-state index is 10.3. The van der Waals surface area contributed by atoms with Crippen LogP contribution in [0.4, 0.5) is 0 Å². The van der Waals surface area contributed by atoms with Crippen LogP contribution in [0, 0.1) is 0 Å². The van der Waals surface area contributed by atoms with Crippen molar-refractivity contribution in [1.82, 2.24) is 0 Å². The van der Waals surface area contributed by atoms with E-state index in [2.05, 4.69) is 9.05 Å². The average molecular weight is 248 g/mol. The summed E-state index contributed by atoms with van der Waals surface area (Å²) in [6.45, 7) is 0.187. The minimum atomic E-state index is -3.11. The Kier molecular flexibility index (Phi) is 6.80. The first-order chi connectivity index (χ1) is 6.39. The molecule has 0 fully saturated rings. The largest absolute Gasteiger partial charge is 0.700 e. The van der Waals surface area contributed by atoms with E-state index in [1.165, 1.54) is 0 Å². The van der Waals surface area contributed by atoms with Gasteiger partial charge >= 0.3 is 22.8 Å². The Hall–Kier alpha value is 0.250. The highest BCUT2D eigenvalue weighted by Crippen LogP contribution is 2.38. The van der Waals surface area contributed by atoms with Gasteiger partial charge in [-0.3, -0.25) is 4.52 Å². The van der Waals surface area contributed by atoms with Crippen molar-refractivity contribution >= 4 is 16.9 Å². The third kappa shape index (κ3) is 6.67. The number of hydrogen-bond acceptors (Lipinski definition) is 7. The van der Waals surface area contributed by atoms with E-state index in [1.807, 2.05) is 0 Å². The van der Waals surface area contributed by atoms with Gasteiger partial charge in [0.25, 0.3) is 0 Å². The lowest BCUT2D eigenvalue weighted by Crippen LogP contribution is -2.32. The maximum atomic E-state index is 10.3. The van der Waals surface area contributed by atoms with Gasteiger partial charge in [-0.2, -0.15) is 0 Å². The molecule has 0 saturated carbocycles. The lowest BCUT2D eigenvalue weighted by atomic mass is 10.3. The van der Waals surface area contributed by atoms with Gasteiger partial charge < -0.3 is 20.6 Å². The second-order valence-corrected chi connectivity index (χ2v) is 3.62. The Balaban J connectivity index is 4.24. The first-order valence-corrected chi connectivity index (χ1v) is 5.84. The third-order valence-corrected chi connectivity index (χ3v) is 2.03. The molecule has 0 bridgehead atoms. The van der Waals surface area contributed by atoms with Gasteiger partial charge in [0.1, 0.15) is 0 Å². The summed E-state index contributed by atoms with van der Waals surface area (Å²) in [5, 5.41) is 9.34. The van der Waals surface area contributed by atoms with Crippen molar-refractivity contribution in [3.63, 3.8) is 0 Å². The van der Waals surface area contributed by atoms with Crippen LogP contribution < -0.4 is 5.73 Å². The summed E-state index contributed by atoms with van der Waals surface area (Å²) in [4.78, 5) is 25.3. The molecular formula is C4H12NO7P2+. The van der Waals surface area contributed by atoms with Crippen LogP contribution in [0.3, 0.4) is 0 Å². The minimum Gasteiger partial charge on any atom is -0.340 e. The molecule has 0 aliphatic carbocycles. The molecule has 0 aromatic carbocycles.